The number of fused-ring (bicyclic) bond motifs is 1. The first-order valence-corrected chi connectivity index (χ1v) is 9.70. The first kappa shape index (κ1) is 22.7. The number of rotatable bonds is 9. The fourth-order valence-electron chi connectivity index (χ4n) is 3.23. The van der Waals surface area contributed by atoms with Crippen LogP contribution in [-0.4, -0.2) is 46.3 Å². The molecular weight excluding hydrogens is 416 g/mol. The van der Waals surface area contributed by atoms with Crippen LogP contribution in [0.25, 0.3) is 6.08 Å². The molecule has 1 aliphatic rings. The fraction of sp³-hybridized carbons (Fsp3) is 0.250. The van der Waals surface area contributed by atoms with Crippen LogP contribution in [0, 0.1) is 6.92 Å². The molecule has 168 valence electrons. The molecule has 0 aliphatic carbocycles. The number of methoxy groups -OCH3 is 3. The summed E-state index contributed by atoms with van der Waals surface area (Å²) in [4.78, 5) is 24.6. The van der Waals surface area contributed by atoms with Crippen molar-refractivity contribution in [3.8, 4) is 28.7 Å². The number of aryl methyl sites for hydroxylation is 1. The molecule has 0 saturated carbocycles. The van der Waals surface area contributed by atoms with Crippen molar-refractivity contribution < 1.29 is 38.0 Å². The molecule has 0 radical (unpaired) electrons. The second-order valence-corrected chi connectivity index (χ2v) is 6.77. The number of ether oxygens (including phenoxy) is 6. The van der Waals surface area contributed by atoms with Gasteiger partial charge in [0.15, 0.2) is 23.9 Å². The Morgan fingerprint density at radius 2 is 1.75 bits per heavy atom. The van der Waals surface area contributed by atoms with Crippen LogP contribution in [0.1, 0.15) is 21.5 Å². The Morgan fingerprint density at radius 3 is 2.34 bits per heavy atom. The van der Waals surface area contributed by atoms with Gasteiger partial charge in [-0.15, -0.1) is 0 Å². The summed E-state index contributed by atoms with van der Waals surface area (Å²) < 4.78 is 32.2. The minimum absolute atomic E-state index is 0.109. The van der Waals surface area contributed by atoms with E-state index in [0.29, 0.717) is 45.4 Å². The predicted octanol–water partition coefficient (Wildman–Crippen LogP) is 3.75. The van der Waals surface area contributed by atoms with Gasteiger partial charge in [-0.1, -0.05) is 12.7 Å². The molecule has 2 aromatic carbocycles. The lowest BCUT2D eigenvalue weighted by atomic mass is 10.0. The number of Topliss-reactive ketones (excluding diaryl/α,β-unsaturated/α-hetero) is 1. The maximum atomic E-state index is 12.9. The second-order valence-electron chi connectivity index (χ2n) is 6.77. The molecule has 0 bridgehead atoms. The summed E-state index contributed by atoms with van der Waals surface area (Å²) in [5.74, 6) is 1.45. The van der Waals surface area contributed by atoms with E-state index in [0.717, 1.165) is 0 Å². The Bertz CT molecular complexity index is 1060. The molecule has 32 heavy (non-hydrogen) atoms. The SMILES string of the molecule is C=CCOC(=O)COc1cc(C)c2c(c1)O/C(=C\c1cc(OC)c(OC)c(OC)c1)C2=O. The van der Waals surface area contributed by atoms with Gasteiger partial charge in [0.2, 0.25) is 11.5 Å². The highest BCUT2D eigenvalue weighted by Gasteiger charge is 2.30. The molecule has 0 amide bonds. The summed E-state index contributed by atoms with van der Waals surface area (Å²) in [6.45, 7) is 5.09. The van der Waals surface area contributed by atoms with E-state index in [1.54, 1.807) is 37.3 Å². The van der Waals surface area contributed by atoms with E-state index in [-0.39, 0.29) is 24.8 Å². The Hall–Kier alpha value is -3.94. The Labute approximate surface area is 185 Å². The van der Waals surface area contributed by atoms with E-state index in [1.807, 2.05) is 0 Å². The normalized spacial score (nSPS) is 13.2. The zero-order valence-electron chi connectivity index (χ0n) is 18.4. The number of carbonyl (C=O) groups excluding carboxylic acids is 2. The van der Waals surface area contributed by atoms with Crippen LogP contribution >= 0.6 is 0 Å². The van der Waals surface area contributed by atoms with Gasteiger partial charge in [0.25, 0.3) is 0 Å². The van der Waals surface area contributed by atoms with Crippen LogP contribution in [0.5, 0.6) is 28.7 Å². The number of allylic oxidation sites excluding steroid dienone is 1. The fourth-order valence-corrected chi connectivity index (χ4v) is 3.23. The van der Waals surface area contributed by atoms with Crippen LogP contribution < -0.4 is 23.7 Å². The molecule has 0 spiro atoms. The number of hydrogen-bond donors (Lipinski definition) is 0. The molecule has 0 atom stereocenters. The highest BCUT2D eigenvalue weighted by Crippen LogP contribution is 2.41. The summed E-state index contributed by atoms with van der Waals surface area (Å²) >= 11 is 0. The Balaban J connectivity index is 1.86. The Morgan fingerprint density at radius 1 is 1.06 bits per heavy atom. The third-order valence-electron chi connectivity index (χ3n) is 4.65. The molecule has 0 N–H and O–H groups in total. The lowest BCUT2D eigenvalue weighted by Crippen LogP contribution is -2.14. The first-order valence-electron chi connectivity index (χ1n) is 9.70. The second kappa shape index (κ2) is 9.91. The smallest absolute Gasteiger partial charge is 0.344 e. The summed E-state index contributed by atoms with van der Waals surface area (Å²) in [5.41, 5.74) is 1.73. The van der Waals surface area contributed by atoms with Gasteiger partial charge in [0.05, 0.1) is 26.9 Å². The molecule has 3 rings (SSSR count). The quantitative estimate of drug-likeness (QED) is 0.331. The minimum Gasteiger partial charge on any atom is -0.493 e. The average molecular weight is 440 g/mol. The molecule has 0 aromatic heterocycles. The number of ketones is 1. The van der Waals surface area contributed by atoms with E-state index in [4.69, 9.17) is 28.4 Å². The molecule has 2 aromatic rings. The monoisotopic (exact) mass is 440 g/mol. The van der Waals surface area contributed by atoms with Crippen molar-refractivity contribution in [2.45, 2.75) is 6.92 Å². The number of benzene rings is 2. The maximum Gasteiger partial charge on any atom is 0.344 e. The van der Waals surface area contributed by atoms with Gasteiger partial charge in [-0.2, -0.15) is 0 Å². The molecule has 0 fully saturated rings. The Kier molecular flexibility index (Phi) is 7.04. The summed E-state index contributed by atoms with van der Waals surface area (Å²) in [7, 11) is 4.54. The lowest BCUT2D eigenvalue weighted by molar-refractivity contribution is -0.144. The molecule has 8 heteroatoms. The highest BCUT2D eigenvalue weighted by atomic mass is 16.6. The summed E-state index contributed by atoms with van der Waals surface area (Å²) in [6.07, 6.45) is 3.07. The van der Waals surface area contributed by atoms with Crippen molar-refractivity contribution in [2.75, 3.05) is 34.5 Å². The van der Waals surface area contributed by atoms with Crippen LogP contribution in [0.2, 0.25) is 0 Å². The van der Waals surface area contributed by atoms with Gasteiger partial charge < -0.3 is 28.4 Å². The topological polar surface area (TPSA) is 89.5 Å². The minimum atomic E-state index is -0.525. The van der Waals surface area contributed by atoms with Crippen molar-refractivity contribution in [1.29, 1.82) is 0 Å². The van der Waals surface area contributed by atoms with Gasteiger partial charge in [-0.05, 0) is 42.3 Å². The summed E-state index contributed by atoms with van der Waals surface area (Å²) in [5, 5.41) is 0. The van der Waals surface area contributed by atoms with Crippen LogP contribution in [0.4, 0.5) is 0 Å². The third kappa shape index (κ3) is 4.69. The van der Waals surface area contributed by atoms with Crippen LogP contribution in [0.3, 0.4) is 0 Å². The van der Waals surface area contributed by atoms with Crippen molar-refractivity contribution in [2.24, 2.45) is 0 Å². The third-order valence-corrected chi connectivity index (χ3v) is 4.65. The lowest BCUT2D eigenvalue weighted by Gasteiger charge is -2.13. The highest BCUT2D eigenvalue weighted by molar-refractivity contribution is 6.15. The van der Waals surface area contributed by atoms with Crippen LogP contribution in [0.15, 0.2) is 42.7 Å². The molecule has 8 nitrogen and oxygen atoms in total. The van der Waals surface area contributed by atoms with Crippen molar-refractivity contribution in [1.82, 2.24) is 0 Å². The molecule has 0 saturated heterocycles. The molecule has 1 heterocycles. The van der Waals surface area contributed by atoms with Crippen molar-refractivity contribution in [3.05, 3.63) is 59.4 Å². The van der Waals surface area contributed by atoms with E-state index in [9.17, 15) is 9.59 Å². The molecular formula is C24H24O8. The van der Waals surface area contributed by atoms with E-state index < -0.39 is 5.97 Å². The van der Waals surface area contributed by atoms with Crippen molar-refractivity contribution >= 4 is 17.8 Å². The number of esters is 1. The van der Waals surface area contributed by atoms with Gasteiger partial charge in [-0.3, -0.25) is 4.79 Å². The average Bonchev–Trinajstić information content (AvgIpc) is 3.10. The van der Waals surface area contributed by atoms with Crippen LogP contribution in [-0.2, 0) is 9.53 Å². The van der Waals surface area contributed by atoms with Gasteiger partial charge in [-0.25, -0.2) is 4.79 Å². The summed E-state index contributed by atoms with van der Waals surface area (Å²) in [6, 6.07) is 6.66. The zero-order valence-corrected chi connectivity index (χ0v) is 18.4. The van der Waals surface area contributed by atoms with Gasteiger partial charge in [0.1, 0.15) is 18.1 Å². The first-order chi connectivity index (χ1) is 15.4. The maximum absolute atomic E-state index is 12.9. The van der Waals surface area contributed by atoms with E-state index >= 15 is 0 Å². The number of hydrogen-bond acceptors (Lipinski definition) is 8. The zero-order chi connectivity index (χ0) is 23.3. The molecule has 1 aliphatic heterocycles. The van der Waals surface area contributed by atoms with Gasteiger partial charge >= 0.3 is 5.97 Å². The van der Waals surface area contributed by atoms with E-state index in [1.165, 1.54) is 27.4 Å². The van der Waals surface area contributed by atoms with E-state index in [2.05, 4.69) is 6.58 Å². The standard InChI is InChI=1S/C24H24O8/c1-6-7-30-21(25)13-31-16-8-14(2)22-17(12-16)32-18(23(22)26)9-15-10-19(27-3)24(29-5)20(11-15)28-4/h6,8-12H,1,7,13H2,2-5H3/b18-9-. The number of carbonyl (C=O) groups is 2. The predicted molar refractivity (Wildman–Crippen MR) is 117 cm³/mol. The van der Waals surface area contributed by atoms with Crippen molar-refractivity contribution in [3.63, 3.8) is 0 Å². The largest absolute Gasteiger partial charge is 0.493 e. The van der Waals surface area contributed by atoms with Gasteiger partial charge in [0, 0.05) is 6.07 Å². The molecule has 0 unspecified atom stereocenters.